The van der Waals surface area contributed by atoms with Crippen LogP contribution < -0.4 is 18.9 Å². The van der Waals surface area contributed by atoms with Gasteiger partial charge in [-0.3, -0.25) is 5.01 Å². The van der Waals surface area contributed by atoms with Crippen LogP contribution in [0.5, 0.6) is 23.0 Å². The van der Waals surface area contributed by atoms with Gasteiger partial charge in [-0.05, 0) is 42.0 Å². The summed E-state index contributed by atoms with van der Waals surface area (Å²) in [4.78, 5) is 12.5. The van der Waals surface area contributed by atoms with Gasteiger partial charge in [0.25, 0.3) is 0 Å². The molecule has 154 valence electrons. The maximum atomic E-state index is 12.5. The van der Waals surface area contributed by atoms with Crippen LogP contribution in [0.25, 0.3) is 0 Å². The molecule has 0 aromatic heterocycles. The van der Waals surface area contributed by atoms with Gasteiger partial charge in [0.2, 0.25) is 5.75 Å². The van der Waals surface area contributed by atoms with Crippen LogP contribution >= 0.6 is 0 Å². The summed E-state index contributed by atoms with van der Waals surface area (Å²) < 4.78 is 26.6. The molecule has 2 aromatic carbocycles. The van der Waals surface area contributed by atoms with Gasteiger partial charge in [-0.15, -0.1) is 0 Å². The molecule has 0 aliphatic carbocycles. The van der Waals surface area contributed by atoms with Crippen LogP contribution in [0, 0.1) is 0 Å². The summed E-state index contributed by atoms with van der Waals surface area (Å²) in [5, 5.41) is 6.39. The molecule has 0 bridgehead atoms. The molecule has 0 spiro atoms. The molecule has 1 saturated heterocycles. The minimum Gasteiger partial charge on any atom is -0.493 e. The Morgan fingerprint density at radius 1 is 1.00 bits per heavy atom. The quantitative estimate of drug-likeness (QED) is 0.402. The molecule has 0 atom stereocenters. The Bertz CT molecular complexity index is 835. The molecule has 3 rings (SSSR count). The van der Waals surface area contributed by atoms with Crippen LogP contribution in [0.15, 0.2) is 41.5 Å². The number of ether oxygens (including phenoxy) is 5. The van der Waals surface area contributed by atoms with Gasteiger partial charge >= 0.3 is 5.97 Å². The third-order valence-electron chi connectivity index (χ3n) is 4.35. The van der Waals surface area contributed by atoms with E-state index in [1.807, 2.05) is 17.1 Å². The number of methoxy groups -OCH3 is 3. The molecule has 29 heavy (non-hydrogen) atoms. The van der Waals surface area contributed by atoms with E-state index in [4.69, 9.17) is 23.7 Å². The maximum Gasteiger partial charge on any atom is 0.343 e. The number of hydrazone groups is 1. The van der Waals surface area contributed by atoms with E-state index in [0.717, 1.165) is 18.7 Å². The fourth-order valence-corrected chi connectivity index (χ4v) is 2.80. The fourth-order valence-electron chi connectivity index (χ4n) is 2.80. The van der Waals surface area contributed by atoms with E-state index in [9.17, 15) is 4.79 Å². The summed E-state index contributed by atoms with van der Waals surface area (Å²) in [7, 11) is 4.48. The van der Waals surface area contributed by atoms with Gasteiger partial charge in [-0.1, -0.05) is 0 Å². The second-order valence-electron chi connectivity index (χ2n) is 6.18. The van der Waals surface area contributed by atoms with E-state index in [1.54, 1.807) is 30.5 Å². The van der Waals surface area contributed by atoms with Crippen molar-refractivity contribution in [2.24, 2.45) is 5.10 Å². The van der Waals surface area contributed by atoms with Gasteiger partial charge in [-0.25, -0.2) is 4.79 Å². The Balaban J connectivity index is 1.68. The first-order valence-corrected chi connectivity index (χ1v) is 9.13. The smallest absolute Gasteiger partial charge is 0.343 e. The van der Waals surface area contributed by atoms with E-state index in [0.29, 0.717) is 36.2 Å². The highest BCUT2D eigenvalue weighted by atomic mass is 16.5. The van der Waals surface area contributed by atoms with Gasteiger partial charge in [0, 0.05) is 0 Å². The number of benzene rings is 2. The van der Waals surface area contributed by atoms with Crippen molar-refractivity contribution in [2.75, 3.05) is 47.6 Å². The van der Waals surface area contributed by atoms with Gasteiger partial charge in [0.15, 0.2) is 11.5 Å². The Morgan fingerprint density at radius 3 is 2.17 bits per heavy atom. The van der Waals surface area contributed by atoms with Crippen molar-refractivity contribution in [3.05, 3.63) is 47.5 Å². The molecule has 1 aliphatic heterocycles. The Morgan fingerprint density at radius 2 is 1.62 bits per heavy atom. The zero-order valence-corrected chi connectivity index (χ0v) is 16.7. The highest BCUT2D eigenvalue weighted by Gasteiger charge is 2.18. The molecule has 0 N–H and O–H groups in total. The predicted molar refractivity (Wildman–Crippen MR) is 107 cm³/mol. The van der Waals surface area contributed by atoms with Crippen molar-refractivity contribution in [2.45, 2.75) is 0 Å². The summed E-state index contributed by atoms with van der Waals surface area (Å²) in [6.45, 7) is 2.93. The van der Waals surface area contributed by atoms with Gasteiger partial charge in [0.05, 0.1) is 59.4 Å². The first-order chi connectivity index (χ1) is 14.1. The van der Waals surface area contributed by atoms with Gasteiger partial charge in [-0.2, -0.15) is 5.10 Å². The Labute approximate surface area is 169 Å². The summed E-state index contributed by atoms with van der Waals surface area (Å²) in [6, 6.07) is 10.2. The van der Waals surface area contributed by atoms with Crippen LogP contribution in [0.4, 0.5) is 0 Å². The number of carbonyl (C=O) groups excluding carboxylic acids is 1. The molecule has 0 amide bonds. The first kappa shape index (κ1) is 20.5. The average molecular weight is 400 g/mol. The second kappa shape index (κ2) is 9.79. The lowest BCUT2D eigenvalue weighted by molar-refractivity contribution is 0.0397. The molecule has 0 radical (unpaired) electrons. The molecule has 8 nitrogen and oxygen atoms in total. The van der Waals surface area contributed by atoms with Crippen LogP contribution in [0.2, 0.25) is 0 Å². The average Bonchev–Trinajstić information content (AvgIpc) is 2.78. The first-order valence-electron chi connectivity index (χ1n) is 9.13. The van der Waals surface area contributed by atoms with Crippen molar-refractivity contribution in [3.8, 4) is 23.0 Å². The van der Waals surface area contributed by atoms with E-state index in [2.05, 4.69) is 5.10 Å². The molecule has 0 saturated carbocycles. The summed E-state index contributed by atoms with van der Waals surface area (Å²) in [5.41, 5.74) is 1.20. The number of nitrogens with zero attached hydrogens (tertiary/aromatic N) is 2. The van der Waals surface area contributed by atoms with E-state index < -0.39 is 5.97 Å². The van der Waals surface area contributed by atoms with Crippen molar-refractivity contribution >= 4 is 12.2 Å². The maximum absolute atomic E-state index is 12.5. The molecule has 8 heteroatoms. The third kappa shape index (κ3) is 5.17. The number of carbonyl (C=O) groups is 1. The van der Waals surface area contributed by atoms with Crippen LogP contribution in [-0.4, -0.2) is 64.8 Å². The topological polar surface area (TPSA) is 78.8 Å². The molecule has 2 aromatic rings. The van der Waals surface area contributed by atoms with Crippen LogP contribution in [0.1, 0.15) is 15.9 Å². The van der Waals surface area contributed by atoms with Gasteiger partial charge in [0.1, 0.15) is 5.75 Å². The number of hydrogen-bond donors (Lipinski definition) is 0. The minimum absolute atomic E-state index is 0.289. The van der Waals surface area contributed by atoms with E-state index in [-0.39, 0.29) is 5.56 Å². The summed E-state index contributed by atoms with van der Waals surface area (Å²) in [5.74, 6) is 1.07. The Hall–Kier alpha value is -3.26. The summed E-state index contributed by atoms with van der Waals surface area (Å²) in [6.07, 6.45) is 1.77. The second-order valence-corrected chi connectivity index (χ2v) is 6.18. The Kier molecular flexibility index (Phi) is 6.91. The largest absolute Gasteiger partial charge is 0.493 e. The highest BCUT2D eigenvalue weighted by Crippen LogP contribution is 2.38. The zero-order valence-electron chi connectivity index (χ0n) is 16.7. The van der Waals surface area contributed by atoms with Crippen molar-refractivity contribution < 1.29 is 28.5 Å². The standard InChI is InChI=1S/C21H24N2O6/c1-25-18-12-16(13-19(26-2)20(18)27-3)21(24)29-17-6-4-15(5-7-17)14-22-23-8-10-28-11-9-23/h4-7,12-14H,8-11H2,1-3H3/b22-14+. The molecule has 1 heterocycles. The number of esters is 1. The lowest BCUT2D eigenvalue weighted by Crippen LogP contribution is -2.32. The SMILES string of the molecule is COc1cc(C(=O)Oc2ccc(/C=N/N3CCOCC3)cc2)cc(OC)c1OC. The molecular formula is C21H24N2O6. The monoisotopic (exact) mass is 400 g/mol. The normalized spacial score (nSPS) is 14.0. The highest BCUT2D eigenvalue weighted by molar-refractivity contribution is 5.92. The number of rotatable bonds is 7. The lowest BCUT2D eigenvalue weighted by atomic mass is 10.2. The molecule has 1 aliphatic rings. The number of morpholine rings is 1. The van der Waals surface area contributed by atoms with E-state index in [1.165, 1.54) is 21.3 Å². The van der Waals surface area contributed by atoms with E-state index >= 15 is 0 Å². The zero-order chi connectivity index (χ0) is 20.6. The predicted octanol–water partition coefficient (Wildman–Crippen LogP) is 2.60. The minimum atomic E-state index is -0.529. The third-order valence-corrected chi connectivity index (χ3v) is 4.35. The van der Waals surface area contributed by atoms with Crippen molar-refractivity contribution in [1.82, 2.24) is 5.01 Å². The molecule has 1 fully saturated rings. The van der Waals surface area contributed by atoms with Crippen LogP contribution in [0.3, 0.4) is 0 Å². The lowest BCUT2D eigenvalue weighted by Gasteiger charge is -2.23. The van der Waals surface area contributed by atoms with Gasteiger partial charge < -0.3 is 23.7 Å². The molecule has 0 unspecified atom stereocenters. The summed E-state index contributed by atoms with van der Waals surface area (Å²) >= 11 is 0. The van der Waals surface area contributed by atoms with Crippen molar-refractivity contribution in [1.29, 1.82) is 0 Å². The number of hydrogen-bond acceptors (Lipinski definition) is 8. The molecular weight excluding hydrogens is 376 g/mol. The fraction of sp³-hybridized carbons (Fsp3) is 0.333. The van der Waals surface area contributed by atoms with Crippen LogP contribution in [-0.2, 0) is 4.74 Å². The van der Waals surface area contributed by atoms with Crippen molar-refractivity contribution in [3.63, 3.8) is 0 Å².